The van der Waals surface area contributed by atoms with Crippen molar-refractivity contribution in [3.63, 3.8) is 0 Å². The number of carbonyl (C=O) groups is 1. The molecule has 146 valence electrons. The molecule has 0 unspecified atom stereocenters. The minimum atomic E-state index is -1.09. The van der Waals surface area contributed by atoms with Crippen molar-refractivity contribution in [3.05, 3.63) is 82.7 Å². The van der Waals surface area contributed by atoms with Crippen LogP contribution in [-0.4, -0.2) is 11.9 Å². The van der Waals surface area contributed by atoms with Gasteiger partial charge in [-0.15, -0.1) is 0 Å². The van der Waals surface area contributed by atoms with E-state index in [1.807, 2.05) is 19.9 Å². The number of benzene rings is 2. The molecule has 0 saturated heterocycles. The molecule has 0 aliphatic carbocycles. The summed E-state index contributed by atoms with van der Waals surface area (Å²) in [5.41, 5.74) is 11.8. The molecular weight excluding hydrogens is 367 g/mol. The summed E-state index contributed by atoms with van der Waals surface area (Å²) in [6.07, 6.45) is 2.65. The highest BCUT2D eigenvalue weighted by atomic mass is 19.1. The fourth-order valence-corrected chi connectivity index (χ4v) is 2.83. The van der Waals surface area contributed by atoms with Crippen LogP contribution in [0.1, 0.15) is 47.3 Å². The Labute approximate surface area is 161 Å². The first-order valence-corrected chi connectivity index (χ1v) is 8.45. The molecule has 0 heterocycles. The van der Waals surface area contributed by atoms with E-state index in [2.05, 4.69) is 11.6 Å². The number of halogens is 3. The highest BCUT2D eigenvalue weighted by Gasteiger charge is 2.20. The average molecular weight is 387 g/mol. The fraction of sp³-hybridized carbons (Fsp3) is 0.143. The monoisotopic (exact) mass is 387 g/mol. The lowest BCUT2D eigenvalue weighted by Gasteiger charge is -2.16. The van der Waals surface area contributed by atoms with Crippen molar-refractivity contribution in [1.29, 1.82) is 0 Å². The van der Waals surface area contributed by atoms with Crippen LogP contribution in [0.25, 0.3) is 11.1 Å². The highest BCUT2D eigenvalue weighted by molar-refractivity contribution is 6.03. The zero-order valence-electron chi connectivity index (χ0n) is 15.5. The van der Waals surface area contributed by atoms with Crippen molar-refractivity contribution in [2.45, 2.75) is 20.3 Å². The standard InChI is InChI=1S/C21H20F3N3O/c1-4-5-11(2)15-7-6-13(20(28)27-21(25)26)8-16(15)12(3)19-17(23)9-14(22)10-18(19)24/h5-10H,3-4H2,1-2H3,(H4,25,26,27,28)/b11-5-. The minimum absolute atomic E-state index is 0.0341. The second-order valence-corrected chi connectivity index (χ2v) is 6.12. The normalized spacial score (nSPS) is 11.2. The minimum Gasteiger partial charge on any atom is -0.370 e. The lowest BCUT2D eigenvalue weighted by atomic mass is 9.89. The maximum Gasteiger partial charge on any atom is 0.280 e. The summed E-state index contributed by atoms with van der Waals surface area (Å²) in [6.45, 7) is 7.55. The van der Waals surface area contributed by atoms with E-state index in [1.165, 1.54) is 12.1 Å². The van der Waals surface area contributed by atoms with E-state index in [4.69, 9.17) is 11.5 Å². The van der Waals surface area contributed by atoms with Gasteiger partial charge in [0, 0.05) is 17.7 Å². The Morgan fingerprint density at radius 1 is 1.11 bits per heavy atom. The Bertz CT molecular complexity index is 983. The number of hydrogen-bond donors (Lipinski definition) is 2. The molecule has 0 aromatic heterocycles. The maximum absolute atomic E-state index is 14.3. The quantitative estimate of drug-likeness (QED) is 0.590. The number of nitrogens with zero attached hydrogens (tertiary/aromatic N) is 1. The molecule has 0 bridgehead atoms. The SMILES string of the molecule is C=C(c1cc(C(=O)N=C(N)N)ccc1/C(C)=C\CC)c1c(F)cc(F)cc1F. The Morgan fingerprint density at radius 2 is 1.71 bits per heavy atom. The zero-order chi connectivity index (χ0) is 21.0. The Kier molecular flexibility index (Phi) is 6.41. The lowest BCUT2D eigenvalue weighted by Crippen LogP contribution is -2.24. The van der Waals surface area contributed by atoms with Gasteiger partial charge in [0.1, 0.15) is 17.5 Å². The number of aliphatic imine (C=N–C) groups is 1. The molecule has 0 saturated carbocycles. The highest BCUT2D eigenvalue weighted by Crippen LogP contribution is 2.33. The first-order chi connectivity index (χ1) is 13.1. The summed E-state index contributed by atoms with van der Waals surface area (Å²) < 4.78 is 41.8. The van der Waals surface area contributed by atoms with Gasteiger partial charge in [-0.1, -0.05) is 25.6 Å². The summed E-state index contributed by atoms with van der Waals surface area (Å²) in [5.74, 6) is -4.34. The molecule has 0 aliphatic rings. The number of guanidine groups is 1. The van der Waals surface area contributed by atoms with Crippen molar-refractivity contribution in [3.8, 4) is 0 Å². The number of nitrogens with two attached hydrogens (primary N) is 2. The number of rotatable bonds is 5. The Balaban J connectivity index is 2.71. The van der Waals surface area contributed by atoms with Crippen LogP contribution in [0.4, 0.5) is 13.2 Å². The predicted molar refractivity (Wildman–Crippen MR) is 105 cm³/mol. The molecule has 0 radical (unpaired) electrons. The smallest absolute Gasteiger partial charge is 0.280 e. The van der Waals surface area contributed by atoms with Crippen LogP contribution in [-0.2, 0) is 0 Å². The van der Waals surface area contributed by atoms with Gasteiger partial charge in [-0.3, -0.25) is 4.79 Å². The summed E-state index contributed by atoms with van der Waals surface area (Å²) in [7, 11) is 0. The van der Waals surface area contributed by atoms with Gasteiger partial charge in [-0.25, -0.2) is 13.2 Å². The molecule has 0 aliphatic heterocycles. The van der Waals surface area contributed by atoms with E-state index in [9.17, 15) is 18.0 Å². The Hall–Kier alpha value is -3.35. The van der Waals surface area contributed by atoms with E-state index in [0.29, 0.717) is 23.3 Å². The van der Waals surface area contributed by atoms with Gasteiger partial charge in [-0.2, -0.15) is 4.99 Å². The van der Waals surface area contributed by atoms with Gasteiger partial charge in [0.25, 0.3) is 5.91 Å². The van der Waals surface area contributed by atoms with Crippen LogP contribution in [0.5, 0.6) is 0 Å². The molecular formula is C21H20F3N3O. The average Bonchev–Trinajstić information content (AvgIpc) is 2.59. The maximum atomic E-state index is 14.3. The molecule has 2 rings (SSSR count). The third-order valence-corrected chi connectivity index (χ3v) is 4.07. The van der Waals surface area contributed by atoms with E-state index < -0.39 is 34.9 Å². The molecule has 0 fully saturated rings. The Morgan fingerprint density at radius 3 is 2.25 bits per heavy atom. The van der Waals surface area contributed by atoms with E-state index in [-0.39, 0.29) is 11.1 Å². The molecule has 2 aromatic carbocycles. The van der Waals surface area contributed by atoms with Gasteiger partial charge < -0.3 is 11.5 Å². The van der Waals surface area contributed by atoms with Crippen molar-refractivity contribution in [2.24, 2.45) is 16.5 Å². The zero-order valence-corrected chi connectivity index (χ0v) is 15.5. The van der Waals surface area contributed by atoms with Crippen LogP contribution in [0, 0.1) is 17.5 Å². The fourth-order valence-electron chi connectivity index (χ4n) is 2.83. The van der Waals surface area contributed by atoms with Crippen LogP contribution >= 0.6 is 0 Å². The van der Waals surface area contributed by atoms with Crippen LogP contribution in [0.2, 0.25) is 0 Å². The summed E-state index contributed by atoms with van der Waals surface area (Å²) >= 11 is 0. The van der Waals surface area contributed by atoms with Crippen molar-refractivity contribution < 1.29 is 18.0 Å². The molecule has 4 nitrogen and oxygen atoms in total. The number of carbonyl (C=O) groups excluding carboxylic acids is 1. The molecule has 7 heteroatoms. The van der Waals surface area contributed by atoms with Gasteiger partial charge >= 0.3 is 0 Å². The first-order valence-electron chi connectivity index (χ1n) is 8.45. The molecule has 0 spiro atoms. The van der Waals surface area contributed by atoms with E-state index >= 15 is 0 Å². The summed E-state index contributed by atoms with van der Waals surface area (Å²) in [4.78, 5) is 15.6. The molecule has 0 atom stereocenters. The van der Waals surface area contributed by atoms with Crippen LogP contribution < -0.4 is 11.5 Å². The van der Waals surface area contributed by atoms with Gasteiger partial charge in [-0.05, 0) is 47.8 Å². The lowest BCUT2D eigenvalue weighted by molar-refractivity contribution is 0.100. The second-order valence-electron chi connectivity index (χ2n) is 6.12. The third kappa shape index (κ3) is 4.49. The van der Waals surface area contributed by atoms with Crippen LogP contribution in [0.15, 0.2) is 48.0 Å². The van der Waals surface area contributed by atoms with Crippen LogP contribution in [0.3, 0.4) is 0 Å². The molecule has 4 N–H and O–H groups in total. The molecule has 2 aromatic rings. The summed E-state index contributed by atoms with van der Waals surface area (Å²) in [6, 6.07) is 5.68. The first kappa shape index (κ1) is 21.0. The van der Waals surface area contributed by atoms with Crippen molar-refractivity contribution in [1.82, 2.24) is 0 Å². The van der Waals surface area contributed by atoms with Crippen molar-refractivity contribution >= 4 is 23.0 Å². The van der Waals surface area contributed by atoms with E-state index in [1.54, 1.807) is 6.07 Å². The number of hydrogen-bond acceptors (Lipinski definition) is 1. The molecule has 28 heavy (non-hydrogen) atoms. The largest absolute Gasteiger partial charge is 0.370 e. The van der Waals surface area contributed by atoms with E-state index in [0.717, 1.165) is 12.0 Å². The predicted octanol–water partition coefficient (Wildman–Crippen LogP) is 4.39. The topological polar surface area (TPSA) is 81.5 Å². The van der Waals surface area contributed by atoms with Gasteiger partial charge in [0.05, 0.1) is 5.56 Å². The molecule has 1 amide bonds. The second kappa shape index (κ2) is 8.56. The van der Waals surface area contributed by atoms with Crippen molar-refractivity contribution in [2.75, 3.05) is 0 Å². The number of amides is 1. The third-order valence-electron chi connectivity index (χ3n) is 4.07. The van der Waals surface area contributed by atoms with Gasteiger partial charge in [0.2, 0.25) is 0 Å². The summed E-state index contributed by atoms with van der Waals surface area (Å²) in [5, 5.41) is 0. The number of allylic oxidation sites excluding steroid dienone is 2. The van der Waals surface area contributed by atoms with Gasteiger partial charge in [0.15, 0.2) is 5.96 Å².